The van der Waals surface area contributed by atoms with E-state index in [1.54, 1.807) is 24.3 Å². The van der Waals surface area contributed by atoms with E-state index in [-0.39, 0.29) is 12.5 Å². The first-order chi connectivity index (χ1) is 13.6. The maximum absolute atomic E-state index is 12.3. The zero-order chi connectivity index (χ0) is 19.9. The summed E-state index contributed by atoms with van der Waals surface area (Å²) in [6.45, 7) is 0.315. The van der Waals surface area contributed by atoms with Crippen molar-refractivity contribution in [2.24, 2.45) is 0 Å². The summed E-state index contributed by atoms with van der Waals surface area (Å²) in [7, 11) is 1.47. The van der Waals surface area contributed by atoms with Crippen molar-refractivity contribution in [3.05, 3.63) is 81.6 Å². The summed E-state index contributed by atoms with van der Waals surface area (Å²) in [6, 6.07) is 18.2. The third kappa shape index (κ3) is 4.98. The predicted molar refractivity (Wildman–Crippen MR) is 109 cm³/mol. The molecule has 0 saturated carbocycles. The van der Waals surface area contributed by atoms with Gasteiger partial charge in [0.05, 0.1) is 7.11 Å². The highest BCUT2D eigenvalue weighted by Gasteiger charge is 2.13. The highest BCUT2D eigenvalue weighted by Crippen LogP contribution is 2.26. The molecule has 28 heavy (non-hydrogen) atoms. The number of rotatable bonds is 7. The van der Waals surface area contributed by atoms with Crippen LogP contribution in [0.2, 0.25) is 5.02 Å². The number of carbonyl (C=O) groups excluding carboxylic acids is 1. The Morgan fingerprint density at radius 2 is 1.86 bits per heavy atom. The largest absolute Gasteiger partial charge is 0.494 e. The van der Waals surface area contributed by atoms with E-state index in [9.17, 15) is 9.59 Å². The van der Waals surface area contributed by atoms with Gasteiger partial charge in [0, 0.05) is 23.2 Å². The third-order valence-electron chi connectivity index (χ3n) is 4.17. The average molecular weight is 398 g/mol. The molecule has 0 aliphatic rings. The Bertz CT molecular complexity index is 1000. The summed E-state index contributed by atoms with van der Waals surface area (Å²) < 4.78 is 6.40. The van der Waals surface area contributed by atoms with Crippen molar-refractivity contribution >= 4 is 17.5 Å². The van der Waals surface area contributed by atoms with E-state index in [4.69, 9.17) is 16.3 Å². The molecular weight excluding hydrogens is 378 g/mol. The maximum atomic E-state index is 12.3. The fraction of sp³-hybridized carbons (Fsp3) is 0.190. The number of carbonyl (C=O) groups is 1. The van der Waals surface area contributed by atoms with E-state index in [0.717, 1.165) is 15.8 Å². The van der Waals surface area contributed by atoms with Crippen molar-refractivity contribution in [2.75, 3.05) is 13.7 Å². The van der Waals surface area contributed by atoms with E-state index >= 15 is 0 Å². The second-order valence-corrected chi connectivity index (χ2v) is 6.59. The number of ether oxygens (including phenoxy) is 1. The molecule has 0 spiro atoms. The zero-order valence-electron chi connectivity index (χ0n) is 15.4. The van der Waals surface area contributed by atoms with Crippen LogP contribution in [0.25, 0.3) is 11.3 Å². The molecule has 0 fully saturated rings. The second kappa shape index (κ2) is 9.19. The van der Waals surface area contributed by atoms with Gasteiger partial charge in [0.15, 0.2) is 5.75 Å². The van der Waals surface area contributed by atoms with Gasteiger partial charge < -0.3 is 10.1 Å². The molecule has 1 amide bonds. The topological polar surface area (TPSA) is 73.2 Å². The predicted octanol–water partition coefficient (Wildman–Crippen LogP) is 2.93. The lowest BCUT2D eigenvalue weighted by Gasteiger charge is -2.12. The molecule has 0 atom stereocenters. The van der Waals surface area contributed by atoms with Crippen molar-refractivity contribution in [1.29, 1.82) is 0 Å². The highest BCUT2D eigenvalue weighted by molar-refractivity contribution is 6.30. The number of hydrogen-bond donors (Lipinski definition) is 1. The van der Waals surface area contributed by atoms with Gasteiger partial charge in [-0.2, -0.15) is 5.10 Å². The molecule has 3 rings (SSSR count). The van der Waals surface area contributed by atoms with Gasteiger partial charge in [-0.1, -0.05) is 54.1 Å². The van der Waals surface area contributed by atoms with Gasteiger partial charge in [-0.15, -0.1) is 0 Å². The molecule has 0 saturated heterocycles. The fourth-order valence-corrected chi connectivity index (χ4v) is 2.86. The SMILES string of the molecule is COc1cc(=O)n(CC(=O)NCCc2ccccc2)nc1-c1ccc(Cl)cc1. The molecule has 1 aromatic heterocycles. The van der Waals surface area contributed by atoms with Crippen LogP contribution in [0.4, 0.5) is 0 Å². The first-order valence-electron chi connectivity index (χ1n) is 8.79. The van der Waals surface area contributed by atoms with Crippen molar-refractivity contribution in [3.8, 4) is 17.0 Å². The molecule has 0 aliphatic heterocycles. The summed E-state index contributed by atoms with van der Waals surface area (Å²) in [5.74, 6) is 0.0609. The minimum absolute atomic E-state index is 0.168. The van der Waals surface area contributed by atoms with E-state index in [0.29, 0.717) is 29.4 Å². The van der Waals surface area contributed by atoms with Gasteiger partial charge in [0.25, 0.3) is 5.56 Å². The minimum Gasteiger partial charge on any atom is -0.494 e. The molecule has 2 aromatic carbocycles. The van der Waals surface area contributed by atoms with Gasteiger partial charge in [0.1, 0.15) is 12.2 Å². The molecular formula is C21H20ClN3O3. The Hall–Kier alpha value is -3.12. The molecule has 1 N–H and O–H groups in total. The van der Waals surface area contributed by atoms with Gasteiger partial charge in [-0.05, 0) is 24.1 Å². The smallest absolute Gasteiger partial charge is 0.270 e. The van der Waals surface area contributed by atoms with Crippen LogP contribution in [0.3, 0.4) is 0 Å². The molecule has 3 aromatic rings. The van der Waals surface area contributed by atoms with Crippen LogP contribution in [0.1, 0.15) is 5.56 Å². The van der Waals surface area contributed by atoms with Crippen LogP contribution in [-0.2, 0) is 17.8 Å². The number of hydrogen-bond acceptors (Lipinski definition) is 4. The average Bonchev–Trinajstić information content (AvgIpc) is 2.71. The summed E-state index contributed by atoms with van der Waals surface area (Å²) in [5.41, 5.74) is 1.93. The molecule has 0 bridgehead atoms. The van der Waals surface area contributed by atoms with Gasteiger partial charge in [-0.3, -0.25) is 9.59 Å². The lowest BCUT2D eigenvalue weighted by molar-refractivity contribution is -0.121. The highest BCUT2D eigenvalue weighted by atomic mass is 35.5. The minimum atomic E-state index is -0.409. The van der Waals surface area contributed by atoms with E-state index in [1.807, 2.05) is 30.3 Å². The zero-order valence-corrected chi connectivity index (χ0v) is 16.1. The van der Waals surface area contributed by atoms with Crippen molar-refractivity contribution in [3.63, 3.8) is 0 Å². The number of nitrogens with zero attached hydrogens (tertiary/aromatic N) is 2. The van der Waals surface area contributed by atoms with Crippen LogP contribution in [-0.4, -0.2) is 29.3 Å². The van der Waals surface area contributed by atoms with Crippen LogP contribution in [0.5, 0.6) is 5.75 Å². The lowest BCUT2D eigenvalue weighted by Crippen LogP contribution is -2.34. The van der Waals surface area contributed by atoms with Crippen LogP contribution < -0.4 is 15.6 Å². The standard InChI is InChI=1S/C21H20ClN3O3/c1-28-18-13-20(27)25(24-21(18)16-7-9-17(22)10-8-16)14-19(26)23-12-11-15-5-3-2-4-6-15/h2-10,13H,11-12,14H2,1H3,(H,23,26). The Kier molecular flexibility index (Phi) is 6.45. The maximum Gasteiger partial charge on any atom is 0.270 e. The summed E-state index contributed by atoms with van der Waals surface area (Å²) in [4.78, 5) is 24.5. The number of benzene rings is 2. The molecule has 0 radical (unpaired) electrons. The first-order valence-corrected chi connectivity index (χ1v) is 9.17. The number of halogens is 1. The molecule has 0 aliphatic carbocycles. The first kappa shape index (κ1) is 19.6. The Labute approximate surface area is 167 Å². The fourth-order valence-electron chi connectivity index (χ4n) is 2.73. The summed E-state index contributed by atoms with van der Waals surface area (Å²) >= 11 is 5.93. The molecule has 7 heteroatoms. The van der Waals surface area contributed by atoms with E-state index in [1.165, 1.54) is 13.2 Å². The number of amides is 1. The van der Waals surface area contributed by atoms with Crippen LogP contribution >= 0.6 is 11.6 Å². The van der Waals surface area contributed by atoms with Crippen molar-refractivity contribution < 1.29 is 9.53 Å². The molecule has 144 valence electrons. The van der Waals surface area contributed by atoms with Gasteiger partial charge in [-0.25, -0.2) is 4.68 Å². The second-order valence-electron chi connectivity index (χ2n) is 6.15. The molecule has 6 nitrogen and oxygen atoms in total. The Morgan fingerprint density at radius 3 is 2.54 bits per heavy atom. The monoisotopic (exact) mass is 397 g/mol. The Balaban J connectivity index is 1.72. The third-order valence-corrected chi connectivity index (χ3v) is 4.42. The van der Waals surface area contributed by atoms with Gasteiger partial charge >= 0.3 is 0 Å². The number of nitrogens with one attached hydrogen (secondary N) is 1. The van der Waals surface area contributed by atoms with Gasteiger partial charge in [0.2, 0.25) is 5.91 Å². The quantitative estimate of drug-likeness (QED) is 0.665. The normalized spacial score (nSPS) is 10.5. The lowest BCUT2D eigenvalue weighted by atomic mass is 10.1. The van der Waals surface area contributed by atoms with E-state index < -0.39 is 5.56 Å². The molecule has 0 unspecified atom stereocenters. The number of methoxy groups -OCH3 is 1. The summed E-state index contributed by atoms with van der Waals surface area (Å²) in [5, 5.41) is 7.73. The molecule has 1 heterocycles. The van der Waals surface area contributed by atoms with Crippen LogP contribution in [0, 0.1) is 0 Å². The van der Waals surface area contributed by atoms with Crippen molar-refractivity contribution in [1.82, 2.24) is 15.1 Å². The van der Waals surface area contributed by atoms with Crippen molar-refractivity contribution in [2.45, 2.75) is 13.0 Å². The number of aromatic nitrogens is 2. The summed E-state index contributed by atoms with van der Waals surface area (Å²) in [6.07, 6.45) is 0.716. The Morgan fingerprint density at radius 1 is 1.14 bits per heavy atom. The van der Waals surface area contributed by atoms with Crippen LogP contribution in [0.15, 0.2) is 65.5 Å². The van der Waals surface area contributed by atoms with E-state index in [2.05, 4.69) is 10.4 Å².